The van der Waals surface area contributed by atoms with Crippen molar-refractivity contribution in [3.05, 3.63) is 58.4 Å². The van der Waals surface area contributed by atoms with Crippen molar-refractivity contribution in [2.75, 3.05) is 6.54 Å². The molecule has 1 aromatic heterocycles. The Labute approximate surface area is 125 Å². The standard InChI is InChI=1S/C17H21N3O/c1-12-3-6-16(20(12)2)11-19-17(21)14-5-4-13-7-8-18-10-15(13)9-14/h3-6,9,18H,7-8,10-11H2,1-2H3,(H,19,21). The van der Waals surface area contributed by atoms with Crippen molar-refractivity contribution in [1.29, 1.82) is 0 Å². The Hall–Kier alpha value is -2.07. The van der Waals surface area contributed by atoms with Gasteiger partial charge in [-0.15, -0.1) is 0 Å². The molecule has 0 unspecified atom stereocenters. The Morgan fingerprint density at radius 1 is 1.29 bits per heavy atom. The van der Waals surface area contributed by atoms with Crippen LogP contribution in [0.1, 0.15) is 32.9 Å². The average Bonchev–Trinajstić information content (AvgIpc) is 2.84. The molecule has 1 aromatic carbocycles. The van der Waals surface area contributed by atoms with E-state index in [0.29, 0.717) is 6.54 Å². The molecule has 0 fully saturated rings. The minimum absolute atomic E-state index is 0.0118. The highest BCUT2D eigenvalue weighted by Crippen LogP contribution is 2.16. The fourth-order valence-corrected chi connectivity index (χ4v) is 2.74. The maximum absolute atomic E-state index is 12.3. The molecule has 1 aliphatic heterocycles. The van der Waals surface area contributed by atoms with Gasteiger partial charge in [-0.05, 0) is 55.3 Å². The molecule has 2 heterocycles. The van der Waals surface area contributed by atoms with Crippen molar-refractivity contribution >= 4 is 5.91 Å². The smallest absolute Gasteiger partial charge is 0.251 e. The van der Waals surface area contributed by atoms with Crippen LogP contribution in [0, 0.1) is 6.92 Å². The first-order chi connectivity index (χ1) is 10.1. The predicted molar refractivity (Wildman–Crippen MR) is 83.2 cm³/mol. The Morgan fingerprint density at radius 2 is 2.14 bits per heavy atom. The van der Waals surface area contributed by atoms with Crippen LogP contribution in [0.4, 0.5) is 0 Å². The number of rotatable bonds is 3. The molecular formula is C17H21N3O. The molecule has 0 bridgehead atoms. The second-order valence-corrected chi connectivity index (χ2v) is 5.62. The molecule has 1 amide bonds. The number of aromatic nitrogens is 1. The van der Waals surface area contributed by atoms with Gasteiger partial charge in [0.25, 0.3) is 5.91 Å². The molecular weight excluding hydrogens is 262 g/mol. The first-order valence-corrected chi connectivity index (χ1v) is 7.37. The summed E-state index contributed by atoms with van der Waals surface area (Å²) in [5.41, 5.74) is 5.63. The summed E-state index contributed by atoms with van der Waals surface area (Å²) < 4.78 is 2.09. The number of amides is 1. The van der Waals surface area contributed by atoms with Crippen molar-refractivity contribution in [3.8, 4) is 0 Å². The van der Waals surface area contributed by atoms with Crippen molar-refractivity contribution in [2.24, 2.45) is 7.05 Å². The van der Waals surface area contributed by atoms with Gasteiger partial charge in [-0.2, -0.15) is 0 Å². The number of nitrogens with zero attached hydrogens (tertiary/aromatic N) is 1. The van der Waals surface area contributed by atoms with Gasteiger partial charge in [-0.3, -0.25) is 4.79 Å². The molecule has 4 nitrogen and oxygen atoms in total. The van der Waals surface area contributed by atoms with Crippen LogP contribution >= 0.6 is 0 Å². The fourth-order valence-electron chi connectivity index (χ4n) is 2.74. The molecule has 2 N–H and O–H groups in total. The first-order valence-electron chi connectivity index (χ1n) is 7.37. The molecule has 0 aliphatic carbocycles. The van der Waals surface area contributed by atoms with Gasteiger partial charge < -0.3 is 15.2 Å². The number of hydrogen-bond donors (Lipinski definition) is 2. The van der Waals surface area contributed by atoms with Crippen molar-refractivity contribution in [1.82, 2.24) is 15.2 Å². The third-order valence-corrected chi connectivity index (χ3v) is 4.26. The normalized spacial score (nSPS) is 13.8. The van der Waals surface area contributed by atoms with Gasteiger partial charge in [0.2, 0.25) is 0 Å². The number of carbonyl (C=O) groups excluding carboxylic acids is 1. The number of benzene rings is 1. The minimum Gasteiger partial charge on any atom is -0.350 e. The monoisotopic (exact) mass is 283 g/mol. The van der Waals surface area contributed by atoms with E-state index in [0.717, 1.165) is 30.8 Å². The van der Waals surface area contributed by atoms with E-state index in [4.69, 9.17) is 0 Å². The van der Waals surface area contributed by atoms with Gasteiger partial charge in [-0.1, -0.05) is 6.07 Å². The van der Waals surface area contributed by atoms with E-state index in [-0.39, 0.29) is 5.91 Å². The lowest BCUT2D eigenvalue weighted by Gasteiger charge is -2.17. The highest BCUT2D eigenvalue weighted by atomic mass is 16.1. The molecule has 0 radical (unpaired) electrons. The van der Waals surface area contributed by atoms with Gasteiger partial charge in [0.15, 0.2) is 0 Å². The summed E-state index contributed by atoms with van der Waals surface area (Å²) in [6, 6.07) is 10.1. The summed E-state index contributed by atoms with van der Waals surface area (Å²) in [6.45, 7) is 4.49. The van der Waals surface area contributed by atoms with Gasteiger partial charge in [-0.25, -0.2) is 0 Å². The van der Waals surface area contributed by atoms with Crippen LogP contribution in [0.25, 0.3) is 0 Å². The fraction of sp³-hybridized carbons (Fsp3) is 0.353. The highest BCUT2D eigenvalue weighted by Gasteiger charge is 2.12. The topological polar surface area (TPSA) is 46.1 Å². The summed E-state index contributed by atoms with van der Waals surface area (Å²) in [7, 11) is 2.02. The van der Waals surface area contributed by atoms with Gasteiger partial charge in [0.1, 0.15) is 0 Å². The molecule has 0 atom stereocenters. The number of hydrogen-bond acceptors (Lipinski definition) is 2. The summed E-state index contributed by atoms with van der Waals surface area (Å²) >= 11 is 0. The Morgan fingerprint density at radius 3 is 2.90 bits per heavy atom. The third-order valence-electron chi connectivity index (χ3n) is 4.26. The zero-order chi connectivity index (χ0) is 14.8. The van der Waals surface area contributed by atoms with Crippen LogP contribution in [-0.4, -0.2) is 17.0 Å². The lowest BCUT2D eigenvalue weighted by atomic mass is 9.98. The maximum Gasteiger partial charge on any atom is 0.251 e. The van der Waals surface area contributed by atoms with E-state index in [9.17, 15) is 4.79 Å². The highest BCUT2D eigenvalue weighted by molar-refractivity contribution is 5.94. The van der Waals surface area contributed by atoms with Crippen molar-refractivity contribution in [2.45, 2.75) is 26.4 Å². The lowest BCUT2D eigenvalue weighted by Crippen LogP contribution is -2.26. The predicted octanol–water partition coefficient (Wildman–Crippen LogP) is 1.91. The van der Waals surface area contributed by atoms with Crippen molar-refractivity contribution < 1.29 is 4.79 Å². The molecule has 110 valence electrons. The molecule has 0 spiro atoms. The van der Waals surface area contributed by atoms with E-state index in [2.05, 4.69) is 34.3 Å². The second-order valence-electron chi connectivity index (χ2n) is 5.62. The third kappa shape index (κ3) is 2.85. The van der Waals surface area contributed by atoms with Crippen molar-refractivity contribution in [3.63, 3.8) is 0 Å². The number of aryl methyl sites for hydroxylation is 1. The molecule has 2 aromatic rings. The maximum atomic E-state index is 12.3. The largest absolute Gasteiger partial charge is 0.350 e. The van der Waals surface area contributed by atoms with E-state index in [1.807, 2.05) is 25.2 Å². The first kappa shape index (κ1) is 13.9. The van der Waals surface area contributed by atoms with E-state index < -0.39 is 0 Å². The average molecular weight is 283 g/mol. The number of nitrogens with one attached hydrogen (secondary N) is 2. The van der Waals surface area contributed by atoms with Crippen LogP contribution in [0.15, 0.2) is 30.3 Å². The van der Waals surface area contributed by atoms with E-state index in [1.54, 1.807) is 0 Å². The van der Waals surface area contributed by atoms with Gasteiger partial charge >= 0.3 is 0 Å². The minimum atomic E-state index is -0.0118. The van der Waals surface area contributed by atoms with Crippen LogP contribution in [0.2, 0.25) is 0 Å². The SMILES string of the molecule is Cc1ccc(CNC(=O)c2ccc3c(c2)CNCC3)n1C. The summed E-state index contributed by atoms with van der Waals surface area (Å²) in [5.74, 6) is -0.0118. The molecule has 3 rings (SSSR count). The van der Waals surface area contributed by atoms with Gasteiger partial charge in [0.05, 0.1) is 6.54 Å². The van der Waals surface area contributed by atoms with Crippen LogP contribution in [0.3, 0.4) is 0 Å². The summed E-state index contributed by atoms with van der Waals surface area (Å²) in [6.07, 6.45) is 1.04. The van der Waals surface area contributed by atoms with E-state index in [1.165, 1.54) is 16.8 Å². The molecule has 4 heteroatoms. The zero-order valence-corrected chi connectivity index (χ0v) is 12.6. The summed E-state index contributed by atoms with van der Waals surface area (Å²) in [4.78, 5) is 12.3. The second kappa shape index (κ2) is 5.74. The Kier molecular flexibility index (Phi) is 3.80. The van der Waals surface area contributed by atoms with Crippen LogP contribution in [-0.2, 0) is 26.6 Å². The van der Waals surface area contributed by atoms with Crippen LogP contribution in [0.5, 0.6) is 0 Å². The molecule has 21 heavy (non-hydrogen) atoms. The molecule has 0 saturated carbocycles. The van der Waals surface area contributed by atoms with Gasteiger partial charge in [0, 0.05) is 30.5 Å². The number of carbonyl (C=O) groups is 1. The quantitative estimate of drug-likeness (QED) is 0.904. The molecule has 1 aliphatic rings. The summed E-state index contributed by atoms with van der Waals surface area (Å²) in [5, 5.41) is 6.34. The van der Waals surface area contributed by atoms with Crippen LogP contribution < -0.4 is 10.6 Å². The molecule has 0 saturated heterocycles. The Balaban J connectivity index is 1.69. The zero-order valence-electron chi connectivity index (χ0n) is 12.6. The van der Waals surface area contributed by atoms with E-state index >= 15 is 0 Å². The lowest BCUT2D eigenvalue weighted by molar-refractivity contribution is 0.0950. The Bertz CT molecular complexity index is 673. The number of fused-ring (bicyclic) bond motifs is 1.